The van der Waals surface area contributed by atoms with Gasteiger partial charge in [-0.1, -0.05) is 37.8 Å². The van der Waals surface area contributed by atoms with E-state index >= 15 is 0 Å². The molecule has 4 amide bonds. The average Bonchev–Trinajstić information content (AvgIpc) is 3.78. The number of rotatable bonds is 3. The Labute approximate surface area is 267 Å². The van der Waals surface area contributed by atoms with Crippen LogP contribution in [0.5, 0.6) is 0 Å². The summed E-state index contributed by atoms with van der Waals surface area (Å²) in [4.78, 5) is 69.1. The summed E-state index contributed by atoms with van der Waals surface area (Å²) in [5.41, 5.74) is -1.09. The monoisotopic (exact) mass is 642 g/mol. The summed E-state index contributed by atoms with van der Waals surface area (Å²) in [5, 5.41) is 15.7. The Morgan fingerprint density at radius 1 is 1.09 bits per heavy atom. The quantitative estimate of drug-likeness (QED) is 0.451. The fourth-order valence-electron chi connectivity index (χ4n) is 7.59. The zero-order chi connectivity index (χ0) is 33.0. The van der Waals surface area contributed by atoms with E-state index in [2.05, 4.69) is 10.6 Å². The molecule has 0 bridgehead atoms. The number of benzene rings is 1. The second kappa shape index (κ2) is 12.0. The summed E-state index contributed by atoms with van der Waals surface area (Å²) in [6, 6.07) is 2.52. The minimum absolute atomic E-state index is 0.0344. The molecule has 12 nitrogen and oxygen atoms in total. The Morgan fingerprint density at radius 3 is 2.57 bits per heavy atom. The van der Waals surface area contributed by atoms with E-state index in [0.29, 0.717) is 36.3 Å². The van der Waals surface area contributed by atoms with E-state index in [1.165, 1.54) is 15.9 Å². The third-order valence-corrected chi connectivity index (χ3v) is 10.1. The van der Waals surface area contributed by atoms with Crippen molar-refractivity contribution in [2.24, 2.45) is 17.8 Å². The van der Waals surface area contributed by atoms with Gasteiger partial charge in [-0.25, -0.2) is 18.8 Å². The van der Waals surface area contributed by atoms with Crippen LogP contribution in [0.15, 0.2) is 18.2 Å². The van der Waals surface area contributed by atoms with Gasteiger partial charge in [-0.2, -0.15) is 0 Å². The highest BCUT2D eigenvalue weighted by Crippen LogP contribution is 2.61. The number of hydrogen-bond acceptors (Lipinski definition) is 7. The summed E-state index contributed by atoms with van der Waals surface area (Å²) >= 11 is 0. The van der Waals surface area contributed by atoms with Crippen molar-refractivity contribution in [3.63, 3.8) is 0 Å². The number of ether oxygens (including phenoxy) is 2. The molecule has 13 heteroatoms. The van der Waals surface area contributed by atoms with Gasteiger partial charge in [0.1, 0.15) is 35.1 Å². The van der Waals surface area contributed by atoms with Crippen LogP contribution >= 0.6 is 0 Å². The number of nitrogens with zero attached hydrogens (tertiary/aromatic N) is 2. The number of hydrogen-bond donors (Lipinski definition) is 3. The number of fused-ring (bicyclic) bond motifs is 5. The highest BCUT2D eigenvalue weighted by Gasteiger charge is 2.68. The molecule has 4 fully saturated rings. The van der Waals surface area contributed by atoms with Gasteiger partial charge in [0.05, 0.1) is 13.1 Å². The first-order valence-corrected chi connectivity index (χ1v) is 16.3. The number of carboxylic acids is 1. The first kappa shape index (κ1) is 32.1. The molecule has 2 saturated heterocycles. The summed E-state index contributed by atoms with van der Waals surface area (Å²) in [6.07, 6.45) is 2.55. The van der Waals surface area contributed by atoms with Crippen LogP contribution in [0.3, 0.4) is 0 Å². The summed E-state index contributed by atoms with van der Waals surface area (Å²) in [7, 11) is 0. The normalized spacial score (nSPS) is 32.4. The van der Waals surface area contributed by atoms with E-state index in [-0.39, 0.29) is 37.9 Å². The van der Waals surface area contributed by atoms with Gasteiger partial charge in [0, 0.05) is 18.5 Å². The molecule has 0 spiro atoms. The van der Waals surface area contributed by atoms with Gasteiger partial charge in [-0.05, 0) is 69.4 Å². The predicted octanol–water partition coefficient (Wildman–Crippen LogP) is 3.70. The third kappa shape index (κ3) is 6.50. The van der Waals surface area contributed by atoms with E-state index in [1.807, 2.05) is 0 Å². The Hall–Kier alpha value is -3.90. The van der Waals surface area contributed by atoms with Crippen LogP contribution in [0.2, 0.25) is 0 Å². The summed E-state index contributed by atoms with van der Waals surface area (Å²) in [5.74, 6) is -2.17. The lowest BCUT2D eigenvalue weighted by Crippen LogP contribution is -2.56. The van der Waals surface area contributed by atoms with Crippen molar-refractivity contribution in [2.75, 3.05) is 6.54 Å². The number of carbonyl (C=O) groups excluding carboxylic acids is 4. The molecule has 1 aromatic carbocycles. The van der Waals surface area contributed by atoms with Crippen molar-refractivity contribution < 1.29 is 42.9 Å². The van der Waals surface area contributed by atoms with Crippen molar-refractivity contribution in [1.29, 1.82) is 0 Å². The van der Waals surface area contributed by atoms with Crippen molar-refractivity contribution in [2.45, 2.75) is 115 Å². The number of nitrogens with one attached hydrogen (secondary N) is 2. The maximum atomic E-state index is 14.3. The zero-order valence-electron chi connectivity index (χ0n) is 26.6. The maximum Gasteiger partial charge on any atom is 0.410 e. The number of aliphatic carboxylic acids is 1. The molecule has 6 rings (SSSR count). The molecule has 2 saturated carbocycles. The van der Waals surface area contributed by atoms with Crippen molar-refractivity contribution in [3.05, 3.63) is 35.1 Å². The number of halogens is 1. The zero-order valence-corrected chi connectivity index (χ0v) is 26.6. The van der Waals surface area contributed by atoms with Gasteiger partial charge in [0.2, 0.25) is 11.8 Å². The Kier molecular flexibility index (Phi) is 8.39. The van der Waals surface area contributed by atoms with Crippen molar-refractivity contribution in [3.8, 4) is 0 Å². The van der Waals surface area contributed by atoms with Crippen LogP contribution in [0.4, 0.5) is 14.0 Å². The van der Waals surface area contributed by atoms with Crippen LogP contribution in [0, 0.1) is 23.6 Å². The number of carbonyl (C=O) groups is 5. The Morgan fingerprint density at radius 2 is 1.85 bits per heavy atom. The second-order valence-corrected chi connectivity index (χ2v) is 14.6. The summed E-state index contributed by atoms with van der Waals surface area (Å²) < 4.78 is 25.5. The molecule has 3 N–H and O–H groups in total. The van der Waals surface area contributed by atoms with E-state index in [4.69, 9.17) is 9.47 Å². The molecule has 2 aliphatic carbocycles. The average molecular weight is 643 g/mol. The minimum atomic E-state index is -1.39. The number of amides is 4. The molecular formula is C33H43FN4O8. The van der Waals surface area contributed by atoms with Crippen LogP contribution in [0.1, 0.15) is 83.3 Å². The first-order chi connectivity index (χ1) is 21.8. The molecule has 46 heavy (non-hydrogen) atoms. The Bertz CT molecular complexity index is 1430. The molecule has 250 valence electrons. The van der Waals surface area contributed by atoms with Crippen molar-refractivity contribution in [1.82, 2.24) is 20.4 Å². The highest BCUT2D eigenvalue weighted by molar-refractivity contribution is 5.96. The largest absolute Gasteiger partial charge is 0.479 e. The van der Waals surface area contributed by atoms with Crippen LogP contribution in [-0.2, 0) is 36.9 Å². The molecule has 0 aromatic heterocycles. The lowest BCUT2D eigenvalue weighted by molar-refractivity contribution is -0.146. The van der Waals surface area contributed by atoms with E-state index in [0.717, 1.165) is 25.7 Å². The van der Waals surface area contributed by atoms with Gasteiger partial charge in [-0.3, -0.25) is 14.5 Å². The van der Waals surface area contributed by atoms with Crippen LogP contribution in [-0.4, -0.2) is 80.7 Å². The van der Waals surface area contributed by atoms with Gasteiger partial charge in [-0.15, -0.1) is 0 Å². The minimum Gasteiger partial charge on any atom is -0.479 e. The van der Waals surface area contributed by atoms with E-state index < -0.39 is 65.1 Å². The molecule has 3 heterocycles. The number of carboxylic acid groups (broad SMARTS) is 1. The molecular weight excluding hydrogens is 599 g/mol. The first-order valence-electron chi connectivity index (χ1n) is 16.3. The van der Waals surface area contributed by atoms with Gasteiger partial charge in [0.15, 0.2) is 0 Å². The van der Waals surface area contributed by atoms with Crippen LogP contribution < -0.4 is 10.6 Å². The maximum absolute atomic E-state index is 14.3. The van der Waals surface area contributed by atoms with Gasteiger partial charge >= 0.3 is 18.2 Å². The van der Waals surface area contributed by atoms with E-state index in [1.54, 1.807) is 32.9 Å². The highest BCUT2D eigenvalue weighted by atomic mass is 19.1. The van der Waals surface area contributed by atoms with E-state index in [9.17, 15) is 33.5 Å². The fourth-order valence-corrected chi connectivity index (χ4v) is 7.59. The topological polar surface area (TPSA) is 155 Å². The smallest absolute Gasteiger partial charge is 0.410 e. The lowest BCUT2D eigenvalue weighted by Gasteiger charge is -2.30. The predicted molar refractivity (Wildman–Crippen MR) is 160 cm³/mol. The summed E-state index contributed by atoms with van der Waals surface area (Å²) in [6.45, 7) is 5.22. The molecule has 3 aliphatic heterocycles. The van der Waals surface area contributed by atoms with Crippen LogP contribution in [0.25, 0.3) is 0 Å². The molecule has 5 aliphatic rings. The lowest BCUT2D eigenvalue weighted by atomic mass is 10.0. The second-order valence-electron chi connectivity index (χ2n) is 14.6. The van der Waals surface area contributed by atoms with Gasteiger partial charge < -0.3 is 30.1 Å². The van der Waals surface area contributed by atoms with Gasteiger partial charge in [0.25, 0.3) is 0 Å². The molecule has 7 atom stereocenters. The Balaban J connectivity index is 1.22. The van der Waals surface area contributed by atoms with Crippen molar-refractivity contribution >= 4 is 30.0 Å². The molecule has 0 unspecified atom stereocenters. The fraction of sp³-hybridized carbons (Fsp3) is 0.667. The standard InChI is InChI=1S/C33H43FN4O8/c1-32(2,3)46-30(43)35-25-11-6-4-5-8-18-12-21(18)23-14-33(23,29(41)42)36-27(39)26-13-20(16-38(26)28(25)40)45-31(44)37-15-19-9-7-10-24(34)22(19)17-37/h7,9-10,18,20-21,23,25-26H,4-6,8,11-17H2,1-3H3,(H,35,43)(H,36,39)(H,41,42)/t18-,20+,21+,23-,25-,26-,33+/m0/s1. The third-order valence-electron chi connectivity index (χ3n) is 10.1. The molecule has 1 aromatic rings. The number of alkyl carbamates (subject to hydrolysis) is 1. The SMILES string of the molecule is CC(C)(C)OC(=O)N[C@H]1CCCCC[C@H]2C[C@H]2[C@@H]2C[C@@]2(C(=O)O)NC(=O)[C@@H]2C[C@@H](OC(=O)N3Cc4cccc(F)c4C3)CN2C1=O. The molecule has 0 radical (unpaired) electrons.